The molecule has 0 aromatic heterocycles. The first-order valence-corrected chi connectivity index (χ1v) is 5.87. The molecule has 0 aromatic rings. The Morgan fingerprint density at radius 1 is 1.53 bits per heavy atom. The summed E-state index contributed by atoms with van der Waals surface area (Å²) < 4.78 is 9.27. The molecular formula is C10H21N3O6. The number of carbonyl (C=O) groups excluding carboxylic acids is 1. The van der Waals surface area contributed by atoms with Gasteiger partial charge in [0.05, 0.1) is 18.8 Å². The summed E-state index contributed by atoms with van der Waals surface area (Å²) in [6.07, 6.45) is 0.789. The molecule has 0 bridgehead atoms. The molecule has 1 atom stereocenters. The minimum absolute atomic E-state index is 0. The van der Waals surface area contributed by atoms with Crippen LogP contribution in [-0.4, -0.2) is 53.8 Å². The van der Waals surface area contributed by atoms with Gasteiger partial charge in [0, 0.05) is 11.8 Å². The predicted octanol–water partition coefficient (Wildman–Crippen LogP) is 0.436. The van der Waals surface area contributed by atoms with Crippen molar-refractivity contribution in [2.45, 2.75) is 38.8 Å². The predicted molar refractivity (Wildman–Crippen MR) is 63.9 cm³/mol. The number of rotatable bonds is 6. The molecule has 112 valence electrons. The van der Waals surface area contributed by atoms with Gasteiger partial charge in [-0.25, -0.2) is 4.79 Å². The van der Waals surface area contributed by atoms with E-state index in [9.17, 15) is 4.79 Å². The Kier molecular flexibility index (Phi) is 8.55. The summed E-state index contributed by atoms with van der Waals surface area (Å²) in [5.74, 6) is 0. The zero-order chi connectivity index (χ0) is 13.4. The van der Waals surface area contributed by atoms with Crippen molar-refractivity contribution in [3.05, 3.63) is 0 Å². The second-order valence-corrected chi connectivity index (χ2v) is 4.12. The highest BCUT2D eigenvalue weighted by Gasteiger charge is 2.22. The third kappa shape index (κ3) is 6.77. The fraction of sp³-hybridized carbons (Fsp3) is 0.900. The number of aliphatic hydroxyl groups is 1. The summed E-state index contributed by atoms with van der Waals surface area (Å²) in [5, 5.41) is 17.9. The molecule has 0 saturated carbocycles. The third-order valence-electron chi connectivity index (χ3n) is 2.33. The van der Waals surface area contributed by atoms with Gasteiger partial charge in [-0.15, -0.1) is 0 Å². The van der Waals surface area contributed by atoms with Crippen LogP contribution in [0.5, 0.6) is 0 Å². The van der Waals surface area contributed by atoms with Crippen LogP contribution in [0.3, 0.4) is 0 Å². The maximum Gasteiger partial charge on any atom is 0.511 e. The van der Waals surface area contributed by atoms with Gasteiger partial charge in [0.25, 0.3) is 6.79 Å². The first kappa shape index (κ1) is 17.4. The van der Waals surface area contributed by atoms with Crippen LogP contribution in [0.2, 0.25) is 0 Å². The van der Waals surface area contributed by atoms with E-state index in [1.807, 2.05) is 0 Å². The number of hydrogen-bond donors (Lipinski definition) is 1. The normalized spacial score (nSPS) is 18.5. The molecule has 1 unspecified atom stereocenters. The lowest BCUT2D eigenvalue weighted by Gasteiger charge is -2.16. The summed E-state index contributed by atoms with van der Waals surface area (Å²) in [7, 11) is 0. The van der Waals surface area contributed by atoms with Crippen LogP contribution in [0.1, 0.15) is 26.7 Å². The Balaban J connectivity index is 0.00000324. The molecule has 1 saturated heterocycles. The minimum Gasteiger partial charge on any atom is -0.431 e. The lowest BCUT2D eigenvalue weighted by atomic mass is 10.2. The maximum absolute atomic E-state index is 10.9. The number of hydrogen-bond acceptors (Lipinski definition) is 7. The average Bonchev–Trinajstić information content (AvgIpc) is 2.75. The fourth-order valence-corrected chi connectivity index (χ4v) is 1.52. The monoisotopic (exact) mass is 279 g/mol. The van der Waals surface area contributed by atoms with Gasteiger partial charge < -0.3 is 24.9 Å². The molecule has 1 fully saturated rings. The summed E-state index contributed by atoms with van der Waals surface area (Å²) in [6.45, 7) is 3.84. The van der Waals surface area contributed by atoms with E-state index >= 15 is 0 Å². The smallest absolute Gasteiger partial charge is 0.431 e. The van der Waals surface area contributed by atoms with E-state index in [1.54, 1.807) is 18.9 Å². The fourth-order valence-electron chi connectivity index (χ4n) is 1.52. The lowest BCUT2D eigenvalue weighted by molar-refractivity contribution is -0.0623. The van der Waals surface area contributed by atoms with E-state index in [4.69, 9.17) is 9.84 Å². The highest BCUT2D eigenvalue weighted by molar-refractivity contribution is 5.59. The van der Waals surface area contributed by atoms with E-state index in [0.29, 0.717) is 0 Å². The zero-order valence-electron chi connectivity index (χ0n) is 11.1. The Morgan fingerprint density at radius 2 is 2.26 bits per heavy atom. The number of carbonyl (C=O) groups is 1. The van der Waals surface area contributed by atoms with Crippen molar-refractivity contribution in [1.29, 1.82) is 0 Å². The molecule has 1 aliphatic heterocycles. The molecule has 0 radical (unpaired) electrons. The van der Waals surface area contributed by atoms with Crippen LogP contribution < -0.4 is 0 Å². The van der Waals surface area contributed by atoms with E-state index in [-0.39, 0.29) is 31.0 Å². The first-order chi connectivity index (χ1) is 8.63. The summed E-state index contributed by atoms with van der Waals surface area (Å²) in [4.78, 5) is 15.6. The molecule has 0 spiro atoms. The van der Waals surface area contributed by atoms with E-state index in [1.165, 1.54) is 0 Å². The summed E-state index contributed by atoms with van der Waals surface area (Å²) in [5.41, 5.74) is 0. The van der Waals surface area contributed by atoms with Gasteiger partial charge in [-0.3, -0.25) is 5.01 Å². The first-order valence-electron chi connectivity index (χ1n) is 5.87. The van der Waals surface area contributed by atoms with Crippen molar-refractivity contribution in [2.75, 3.05) is 19.9 Å². The van der Waals surface area contributed by atoms with Crippen LogP contribution in [-0.2, 0) is 14.3 Å². The average molecular weight is 279 g/mol. The Bertz CT molecular complexity index is 286. The molecule has 9 nitrogen and oxygen atoms in total. The second kappa shape index (κ2) is 9.34. The molecule has 9 heteroatoms. The zero-order valence-corrected chi connectivity index (χ0v) is 11.1. The topological polar surface area (TPSA) is 124 Å². The van der Waals surface area contributed by atoms with Crippen molar-refractivity contribution in [3.63, 3.8) is 0 Å². The Morgan fingerprint density at radius 3 is 2.89 bits per heavy atom. The van der Waals surface area contributed by atoms with Crippen LogP contribution in [0.15, 0.2) is 10.5 Å². The standard InChI is InChI=1S/C10H19N3O5.H2O/c1-8(2)18-10(15)16-7-17-12-11-13-5-3-4-9(13)6-14;/h8-9,14H,3-7H2,1-2H3;1H2/b12-11-;. The van der Waals surface area contributed by atoms with Crippen LogP contribution in [0.25, 0.3) is 0 Å². The van der Waals surface area contributed by atoms with Crippen molar-refractivity contribution in [2.24, 2.45) is 10.5 Å². The van der Waals surface area contributed by atoms with Crippen LogP contribution >= 0.6 is 0 Å². The molecular weight excluding hydrogens is 258 g/mol. The summed E-state index contributed by atoms with van der Waals surface area (Å²) in [6, 6.07) is -0.0100. The largest absolute Gasteiger partial charge is 0.511 e. The Labute approximate surface area is 111 Å². The van der Waals surface area contributed by atoms with Gasteiger partial charge in [0.2, 0.25) is 0 Å². The van der Waals surface area contributed by atoms with Crippen molar-refractivity contribution in [3.8, 4) is 0 Å². The molecule has 0 amide bonds. The molecule has 0 aliphatic carbocycles. The molecule has 1 rings (SSSR count). The van der Waals surface area contributed by atoms with Crippen LogP contribution in [0.4, 0.5) is 4.79 Å². The van der Waals surface area contributed by atoms with Crippen molar-refractivity contribution >= 4 is 6.16 Å². The van der Waals surface area contributed by atoms with Gasteiger partial charge in [-0.05, 0) is 31.9 Å². The van der Waals surface area contributed by atoms with E-state index in [0.717, 1.165) is 19.4 Å². The number of aliphatic hydroxyl groups excluding tert-OH is 1. The molecule has 1 aliphatic rings. The molecule has 0 aromatic carbocycles. The quantitative estimate of drug-likeness (QED) is 0.247. The molecule has 3 N–H and O–H groups in total. The van der Waals surface area contributed by atoms with Gasteiger partial charge in [0.1, 0.15) is 0 Å². The SMILES string of the molecule is CC(C)OC(=O)OCO/N=N\N1CCCC1CO.O. The van der Waals surface area contributed by atoms with E-state index in [2.05, 4.69) is 20.1 Å². The van der Waals surface area contributed by atoms with Gasteiger partial charge in [0.15, 0.2) is 0 Å². The second-order valence-electron chi connectivity index (χ2n) is 4.12. The molecule has 19 heavy (non-hydrogen) atoms. The van der Waals surface area contributed by atoms with Gasteiger partial charge >= 0.3 is 6.16 Å². The number of ether oxygens (including phenoxy) is 2. The number of nitrogens with zero attached hydrogens (tertiary/aromatic N) is 3. The lowest BCUT2D eigenvalue weighted by Crippen LogP contribution is -2.26. The van der Waals surface area contributed by atoms with Crippen LogP contribution in [0, 0.1) is 0 Å². The highest BCUT2D eigenvalue weighted by Crippen LogP contribution is 2.16. The highest BCUT2D eigenvalue weighted by atomic mass is 16.8. The molecule has 1 heterocycles. The maximum atomic E-state index is 10.9. The Hall–Kier alpha value is -1.61. The minimum atomic E-state index is -0.811. The van der Waals surface area contributed by atoms with E-state index < -0.39 is 6.16 Å². The van der Waals surface area contributed by atoms with Crippen molar-refractivity contribution < 1.29 is 29.7 Å². The third-order valence-corrected chi connectivity index (χ3v) is 2.33. The van der Waals surface area contributed by atoms with Gasteiger partial charge in [-0.2, -0.15) is 0 Å². The van der Waals surface area contributed by atoms with Crippen molar-refractivity contribution in [1.82, 2.24) is 5.01 Å². The summed E-state index contributed by atoms with van der Waals surface area (Å²) >= 11 is 0. The van der Waals surface area contributed by atoms with Gasteiger partial charge in [-0.1, -0.05) is 0 Å².